The lowest BCUT2D eigenvalue weighted by Gasteiger charge is -2.11. The van der Waals surface area contributed by atoms with Crippen LogP contribution in [0.3, 0.4) is 0 Å². The molecular weight excluding hydrogens is 371 g/mol. The molecule has 8 heteroatoms. The van der Waals surface area contributed by atoms with Gasteiger partial charge in [-0.25, -0.2) is 18.2 Å². The standard InChI is InChI=1S/C20H14F3N3O2/c1-28-16-9-11(8-15(23)19(16)27)18-20(26-7-3-2-4-17(26)25-18)24-12-5-6-13(21)14(22)10-12/h2-10,24,27H,1H3. The van der Waals surface area contributed by atoms with Crippen molar-refractivity contribution in [2.24, 2.45) is 0 Å². The van der Waals surface area contributed by atoms with Crippen molar-refractivity contribution in [1.82, 2.24) is 9.38 Å². The highest BCUT2D eigenvalue weighted by molar-refractivity contribution is 5.80. The van der Waals surface area contributed by atoms with Crippen molar-refractivity contribution in [3.05, 3.63) is 72.2 Å². The predicted octanol–water partition coefficient (Wildman–Crippen LogP) is 4.88. The van der Waals surface area contributed by atoms with Gasteiger partial charge in [-0.05, 0) is 36.4 Å². The zero-order chi connectivity index (χ0) is 19.8. The lowest BCUT2D eigenvalue weighted by molar-refractivity contribution is 0.357. The Balaban J connectivity index is 1.91. The summed E-state index contributed by atoms with van der Waals surface area (Å²) in [5.74, 6) is -3.08. The van der Waals surface area contributed by atoms with Crippen LogP contribution in [0.4, 0.5) is 24.7 Å². The van der Waals surface area contributed by atoms with Crippen molar-refractivity contribution < 1.29 is 23.0 Å². The van der Waals surface area contributed by atoms with Crippen LogP contribution in [-0.2, 0) is 0 Å². The van der Waals surface area contributed by atoms with E-state index in [4.69, 9.17) is 4.74 Å². The van der Waals surface area contributed by atoms with Gasteiger partial charge in [0.05, 0.1) is 7.11 Å². The normalized spacial score (nSPS) is 11.0. The molecule has 0 saturated carbocycles. The number of hydrogen-bond acceptors (Lipinski definition) is 4. The van der Waals surface area contributed by atoms with E-state index in [1.807, 2.05) is 0 Å². The maximum Gasteiger partial charge on any atom is 0.194 e. The summed E-state index contributed by atoms with van der Waals surface area (Å²) in [5, 5.41) is 12.8. The van der Waals surface area contributed by atoms with Crippen LogP contribution in [0, 0.1) is 17.5 Å². The molecule has 2 aromatic heterocycles. The summed E-state index contributed by atoms with van der Waals surface area (Å²) in [4.78, 5) is 4.49. The maximum absolute atomic E-state index is 14.1. The molecule has 4 aromatic rings. The number of aromatic hydroxyl groups is 1. The Kier molecular flexibility index (Phi) is 4.31. The van der Waals surface area contributed by atoms with Crippen LogP contribution in [0.5, 0.6) is 11.5 Å². The van der Waals surface area contributed by atoms with E-state index in [0.717, 1.165) is 18.2 Å². The second-order valence-corrected chi connectivity index (χ2v) is 6.00. The average Bonchev–Trinajstić information content (AvgIpc) is 3.05. The number of nitrogens with one attached hydrogen (secondary N) is 1. The molecule has 142 valence electrons. The first-order valence-electron chi connectivity index (χ1n) is 8.24. The van der Waals surface area contributed by atoms with Gasteiger partial charge in [0.15, 0.2) is 29.0 Å². The highest BCUT2D eigenvalue weighted by Crippen LogP contribution is 2.38. The highest BCUT2D eigenvalue weighted by atomic mass is 19.2. The number of phenols is 1. The molecule has 0 unspecified atom stereocenters. The van der Waals surface area contributed by atoms with E-state index in [9.17, 15) is 18.3 Å². The Morgan fingerprint density at radius 1 is 1.00 bits per heavy atom. The molecule has 2 aromatic carbocycles. The Bertz CT molecular complexity index is 1190. The van der Waals surface area contributed by atoms with E-state index in [0.29, 0.717) is 22.7 Å². The van der Waals surface area contributed by atoms with Crippen LogP contribution >= 0.6 is 0 Å². The molecule has 0 aliphatic carbocycles. The van der Waals surface area contributed by atoms with Crippen LogP contribution < -0.4 is 10.1 Å². The van der Waals surface area contributed by atoms with E-state index in [1.54, 1.807) is 28.8 Å². The van der Waals surface area contributed by atoms with Gasteiger partial charge in [-0.2, -0.15) is 0 Å². The minimum Gasteiger partial charge on any atom is -0.502 e. The molecule has 0 amide bonds. The number of benzene rings is 2. The molecule has 5 nitrogen and oxygen atoms in total. The van der Waals surface area contributed by atoms with Gasteiger partial charge in [0, 0.05) is 23.5 Å². The fourth-order valence-corrected chi connectivity index (χ4v) is 2.89. The van der Waals surface area contributed by atoms with Crippen molar-refractivity contribution in [2.45, 2.75) is 0 Å². The number of imidazole rings is 1. The number of rotatable bonds is 4. The highest BCUT2D eigenvalue weighted by Gasteiger charge is 2.19. The van der Waals surface area contributed by atoms with Crippen LogP contribution in [0.15, 0.2) is 54.7 Å². The Labute approximate surface area is 157 Å². The summed E-state index contributed by atoms with van der Waals surface area (Å²) in [6, 6.07) is 11.3. The fourth-order valence-electron chi connectivity index (χ4n) is 2.89. The molecule has 0 aliphatic rings. The number of phenolic OH excluding ortho intramolecular Hbond substituents is 1. The first-order chi connectivity index (χ1) is 13.5. The minimum atomic E-state index is -1.00. The summed E-state index contributed by atoms with van der Waals surface area (Å²) in [6.45, 7) is 0. The molecule has 4 rings (SSSR count). The average molecular weight is 385 g/mol. The molecule has 0 radical (unpaired) electrons. The van der Waals surface area contributed by atoms with E-state index in [2.05, 4.69) is 10.3 Å². The number of methoxy groups -OCH3 is 1. The van der Waals surface area contributed by atoms with Gasteiger partial charge in [-0.15, -0.1) is 0 Å². The van der Waals surface area contributed by atoms with Crippen molar-refractivity contribution in [3.63, 3.8) is 0 Å². The third-order valence-corrected chi connectivity index (χ3v) is 4.23. The molecule has 0 aliphatic heterocycles. The summed E-state index contributed by atoms with van der Waals surface area (Å²) >= 11 is 0. The number of hydrogen-bond donors (Lipinski definition) is 2. The summed E-state index contributed by atoms with van der Waals surface area (Å²) in [5.41, 5.74) is 1.51. The smallest absolute Gasteiger partial charge is 0.194 e. The van der Waals surface area contributed by atoms with Gasteiger partial charge in [-0.3, -0.25) is 4.40 Å². The summed E-state index contributed by atoms with van der Waals surface area (Å²) in [7, 11) is 1.31. The van der Waals surface area contributed by atoms with Gasteiger partial charge in [0.1, 0.15) is 17.2 Å². The molecule has 0 bridgehead atoms. The van der Waals surface area contributed by atoms with Crippen molar-refractivity contribution in [1.29, 1.82) is 0 Å². The second-order valence-electron chi connectivity index (χ2n) is 6.00. The summed E-state index contributed by atoms with van der Waals surface area (Å²) in [6.07, 6.45) is 1.72. The van der Waals surface area contributed by atoms with Gasteiger partial charge < -0.3 is 15.2 Å². The van der Waals surface area contributed by atoms with Crippen molar-refractivity contribution in [2.75, 3.05) is 12.4 Å². The van der Waals surface area contributed by atoms with Gasteiger partial charge in [0.2, 0.25) is 0 Å². The zero-order valence-corrected chi connectivity index (χ0v) is 14.6. The largest absolute Gasteiger partial charge is 0.502 e. The molecule has 28 heavy (non-hydrogen) atoms. The number of ether oxygens (including phenoxy) is 1. The number of halogens is 3. The molecule has 2 N–H and O–H groups in total. The number of nitrogens with zero attached hydrogens (tertiary/aromatic N) is 2. The number of pyridine rings is 1. The monoisotopic (exact) mass is 385 g/mol. The number of aromatic nitrogens is 2. The molecule has 0 atom stereocenters. The van der Waals surface area contributed by atoms with Crippen LogP contribution in [0.2, 0.25) is 0 Å². The Hall–Kier alpha value is -3.68. The summed E-state index contributed by atoms with van der Waals surface area (Å²) < 4.78 is 47.7. The van der Waals surface area contributed by atoms with Crippen molar-refractivity contribution in [3.8, 4) is 22.8 Å². The van der Waals surface area contributed by atoms with E-state index in [1.165, 1.54) is 19.2 Å². The SMILES string of the molecule is COc1cc(-c2nc3ccccn3c2Nc2ccc(F)c(F)c2)cc(F)c1O. The quantitative estimate of drug-likeness (QED) is 0.526. The topological polar surface area (TPSA) is 58.8 Å². The predicted molar refractivity (Wildman–Crippen MR) is 98.4 cm³/mol. The van der Waals surface area contributed by atoms with Crippen molar-refractivity contribution >= 4 is 17.2 Å². The van der Waals surface area contributed by atoms with E-state index >= 15 is 0 Å². The Morgan fingerprint density at radius 3 is 2.57 bits per heavy atom. The number of anilines is 2. The third-order valence-electron chi connectivity index (χ3n) is 4.23. The second kappa shape index (κ2) is 6.80. The Morgan fingerprint density at radius 2 is 1.82 bits per heavy atom. The van der Waals surface area contributed by atoms with Crippen LogP contribution in [-0.4, -0.2) is 21.6 Å². The molecule has 0 saturated heterocycles. The van der Waals surface area contributed by atoms with Gasteiger partial charge in [-0.1, -0.05) is 6.07 Å². The molecule has 2 heterocycles. The lowest BCUT2D eigenvalue weighted by atomic mass is 10.1. The molecule has 0 spiro atoms. The van der Waals surface area contributed by atoms with E-state index < -0.39 is 23.2 Å². The fraction of sp³-hybridized carbons (Fsp3) is 0.0500. The van der Waals surface area contributed by atoms with Crippen LogP contribution in [0.25, 0.3) is 16.9 Å². The van der Waals surface area contributed by atoms with Crippen LogP contribution in [0.1, 0.15) is 0 Å². The minimum absolute atomic E-state index is 0.0502. The molecule has 0 fully saturated rings. The van der Waals surface area contributed by atoms with Gasteiger partial charge >= 0.3 is 0 Å². The van der Waals surface area contributed by atoms with Gasteiger partial charge in [0.25, 0.3) is 0 Å². The van der Waals surface area contributed by atoms with E-state index in [-0.39, 0.29) is 11.4 Å². The lowest BCUT2D eigenvalue weighted by Crippen LogP contribution is -1.98. The molecular formula is C20H14F3N3O2. The zero-order valence-electron chi connectivity index (χ0n) is 14.6. The maximum atomic E-state index is 14.1. The number of fused-ring (bicyclic) bond motifs is 1. The third kappa shape index (κ3) is 2.98. The first-order valence-corrected chi connectivity index (χ1v) is 8.24. The first kappa shape index (κ1) is 17.7.